The van der Waals surface area contributed by atoms with Crippen LogP contribution in [0.5, 0.6) is 0 Å². The molecule has 0 radical (unpaired) electrons. The Labute approximate surface area is 170 Å². The number of carbonyl (C=O) groups is 1. The quantitative estimate of drug-likeness (QED) is 0.396. The molecule has 132 valence electrons. The van der Waals surface area contributed by atoms with Crippen molar-refractivity contribution < 1.29 is 4.79 Å². The third kappa shape index (κ3) is 2.21. The second-order valence-corrected chi connectivity index (χ2v) is 9.59. The number of carbonyl (C=O) groups excluding carboxylic acids is 1. The van der Waals surface area contributed by atoms with Gasteiger partial charge in [-0.05, 0) is 34.0 Å². The maximum atomic E-state index is 13.5. The van der Waals surface area contributed by atoms with Crippen molar-refractivity contribution in [2.75, 3.05) is 0 Å². The minimum atomic E-state index is -0.726. The number of rotatable bonds is 4. The van der Waals surface area contributed by atoms with E-state index >= 15 is 0 Å². The molecule has 0 unspecified atom stereocenters. The monoisotopic (exact) mass is 404 g/mol. The lowest BCUT2D eigenvalue weighted by molar-refractivity contribution is -0.117. The van der Waals surface area contributed by atoms with Crippen LogP contribution in [-0.2, 0) is 15.0 Å². The third-order valence-corrected chi connectivity index (χ3v) is 9.01. The normalized spacial score (nSPS) is 17.4. The lowest BCUT2D eigenvalue weighted by atomic mass is 9.63. The van der Waals surface area contributed by atoms with E-state index in [2.05, 4.69) is 59.3 Å². The first kappa shape index (κ1) is 17.0. The highest BCUT2D eigenvalue weighted by molar-refractivity contribution is 8.17. The number of hydrogen-bond acceptors (Lipinski definition) is 4. The van der Waals surface area contributed by atoms with E-state index in [1.54, 1.807) is 22.7 Å². The van der Waals surface area contributed by atoms with E-state index in [9.17, 15) is 4.79 Å². The highest BCUT2D eigenvalue weighted by Gasteiger charge is 2.71. The standard InChI is InChI=1S/C23H16OS3/c24-21-22(17-9-3-1-4-10-17,18-11-5-2-6-12-18)23(27-21,19-13-7-15-25-19)20-14-8-16-26-20/h1-16H. The Balaban J connectivity index is 1.90. The smallest absolute Gasteiger partial charge is 0.207 e. The molecule has 0 bridgehead atoms. The van der Waals surface area contributed by atoms with Crippen molar-refractivity contribution in [2.24, 2.45) is 0 Å². The van der Waals surface area contributed by atoms with E-state index in [4.69, 9.17) is 0 Å². The zero-order valence-electron chi connectivity index (χ0n) is 14.4. The summed E-state index contributed by atoms with van der Waals surface area (Å²) < 4.78 is -0.435. The van der Waals surface area contributed by atoms with Crippen LogP contribution in [0.3, 0.4) is 0 Å². The Hall–Kier alpha value is -2.14. The molecule has 0 atom stereocenters. The molecule has 2 aromatic carbocycles. The van der Waals surface area contributed by atoms with E-state index in [-0.39, 0.29) is 5.12 Å². The second kappa shape index (κ2) is 6.48. The summed E-state index contributed by atoms with van der Waals surface area (Å²) in [5.74, 6) is 0. The fraction of sp³-hybridized carbons (Fsp3) is 0.0870. The average molecular weight is 405 g/mol. The minimum Gasteiger partial charge on any atom is -0.286 e. The van der Waals surface area contributed by atoms with Gasteiger partial charge < -0.3 is 0 Å². The predicted molar refractivity (Wildman–Crippen MR) is 116 cm³/mol. The minimum absolute atomic E-state index is 0.210. The van der Waals surface area contributed by atoms with Gasteiger partial charge in [-0.3, -0.25) is 4.79 Å². The van der Waals surface area contributed by atoms with Gasteiger partial charge in [0, 0.05) is 9.75 Å². The van der Waals surface area contributed by atoms with E-state index in [0.717, 1.165) is 11.1 Å². The summed E-state index contributed by atoms with van der Waals surface area (Å²) in [6.45, 7) is 0. The number of hydrogen-bond donors (Lipinski definition) is 0. The van der Waals surface area contributed by atoms with Crippen LogP contribution >= 0.6 is 34.4 Å². The van der Waals surface area contributed by atoms with Crippen LogP contribution in [0.25, 0.3) is 0 Å². The molecule has 4 aromatic rings. The molecule has 0 N–H and O–H groups in total. The van der Waals surface area contributed by atoms with Crippen LogP contribution in [0, 0.1) is 0 Å². The fourth-order valence-corrected chi connectivity index (χ4v) is 7.99. The van der Waals surface area contributed by atoms with Crippen molar-refractivity contribution in [3.8, 4) is 0 Å². The van der Waals surface area contributed by atoms with Crippen molar-refractivity contribution >= 4 is 39.6 Å². The molecule has 1 saturated heterocycles. The summed E-state index contributed by atoms with van der Waals surface area (Å²) in [5.41, 5.74) is 1.39. The van der Waals surface area contributed by atoms with Crippen LogP contribution < -0.4 is 0 Å². The number of thiophene rings is 2. The van der Waals surface area contributed by atoms with Crippen LogP contribution in [0.4, 0.5) is 0 Å². The van der Waals surface area contributed by atoms with Gasteiger partial charge in [0.15, 0.2) is 0 Å². The first-order valence-electron chi connectivity index (χ1n) is 8.72. The van der Waals surface area contributed by atoms with Gasteiger partial charge in [0.2, 0.25) is 5.12 Å². The summed E-state index contributed by atoms with van der Waals surface area (Å²) in [6.07, 6.45) is 0. The molecule has 5 rings (SSSR count). The molecule has 27 heavy (non-hydrogen) atoms. The van der Waals surface area contributed by atoms with Gasteiger partial charge >= 0.3 is 0 Å². The van der Waals surface area contributed by atoms with Crippen molar-refractivity contribution in [3.05, 3.63) is 117 Å². The van der Waals surface area contributed by atoms with E-state index in [0.29, 0.717) is 0 Å². The Morgan fingerprint density at radius 2 is 1.07 bits per heavy atom. The third-order valence-electron chi connectivity index (χ3n) is 5.23. The molecule has 3 heterocycles. The first-order valence-corrected chi connectivity index (χ1v) is 11.3. The SMILES string of the molecule is O=C1SC(c2cccs2)(c2cccs2)C1(c1ccccc1)c1ccccc1. The van der Waals surface area contributed by atoms with Crippen molar-refractivity contribution in [1.82, 2.24) is 0 Å². The highest BCUT2D eigenvalue weighted by atomic mass is 32.2. The lowest BCUT2D eigenvalue weighted by Gasteiger charge is -2.56. The maximum Gasteiger partial charge on any atom is 0.207 e. The Morgan fingerprint density at radius 1 is 0.593 bits per heavy atom. The fourth-order valence-electron chi connectivity index (χ4n) is 4.12. The molecule has 1 aliphatic heterocycles. The lowest BCUT2D eigenvalue weighted by Crippen LogP contribution is -2.61. The second-order valence-electron chi connectivity index (χ2n) is 6.51. The summed E-state index contributed by atoms with van der Waals surface area (Å²) in [5, 5.41) is 4.42. The van der Waals surface area contributed by atoms with Crippen molar-refractivity contribution in [3.63, 3.8) is 0 Å². The molecule has 0 aliphatic carbocycles. The average Bonchev–Trinajstić information content (AvgIpc) is 3.42. The topological polar surface area (TPSA) is 17.1 Å². The molecular weight excluding hydrogens is 388 g/mol. The van der Waals surface area contributed by atoms with Crippen LogP contribution in [0.2, 0.25) is 0 Å². The van der Waals surface area contributed by atoms with Crippen LogP contribution in [0.15, 0.2) is 95.7 Å². The molecule has 0 spiro atoms. The first-order chi connectivity index (χ1) is 13.3. The predicted octanol–water partition coefficient (Wildman–Crippen LogP) is 6.31. The molecule has 0 saturated carbocycles. The number of benzene rings is 2. The zero-order valence-corrected chi connectivity index (χ0v) is 16.8. The van der Waals surface area contributed by atoms with Gasteiger partial charge in [-0.25, -0.2) is 0 Å². The summed E-state index contributed by atoms with van der Waals surface area (Å²) in [7, 11) is 0. The van der Waals surface area contributed by atoms with E-state index in [1.807, 2.05) is 36.4 Å². The number of thioether (sulfide) groups is 1. The largest absolute Gasteiger partial charge is 0.286 e. The Morgan fingerprint density at radius 3 is 1.44 bits per heavy atom. The van der Waals surface area contributed by atoms with Gasteiger partial charge in [-0.2, -0.15) is 0 Å². The molecule has 1 fully saturated rings. The van der Waals surface area contributed by atoms with Gasteiger partial charge in [-0.1, -0.05) is 84.6 Å². The molecule has 1 nitrogen and oxygen atoms in total. The highest BCUT2D eigenvalue weighted by Crippen LogP contribution is 2.70. The van der Waals surface area contributed by atoms with Gasteiger partial charge in [0.1, 0.15) is 10.2 Å². The Kier molecular flexibility index (Phi) is 4.08. The van der Waals surface area contributed by atoms with Crippen molar-refractivity contribution in [1.29, 1.82) is 0 Å². The molecule has 2 aromatic heterocycles. The van der Waals surface area contributed by atoms with E-state index in [1.165, 1.54) is 21.5 Å². The maximum absolute atomic E-state index is 13.5. The zero-order chi connectivity index (χ0) is 18.3. The van der Waals surface area contributed by atoms with Gasteiger partial charge in [-0.15, -0.1) is 22.7 Å². The summed E-state index contributed by atoms with van der Waals surface area (Å²) >= 11 is 4.93. The molecular formula is C23H16OS3. The molecule has 4 heteroatoms. The van der Waals surface area contributed by atoms with E-state index < -0.39 is 10.2 Å². The van der Waals surface area contributed by atoms with Crippen LogP contribution in [-0.4, -0.2) is 5.12 Å². The van der Waals surface area contributed by atoms with Crippen LogP contribution in [0.1, 0.15) is 20.9 Å². The Bertz CT molecular complexity index is 978. The molecule has 0 amide bonds. The molecule has 1 aliphatic rings. The summed E-state index contributed by atoms with van der Waals surface area (Å²) in [4.78, 5) is 16.0. The van der Waals surface area contributed by atoms with Crippen molar-refractivity contribution in [2.45, 2.75) is 10.2 Å². The summed E-state index contributed by atoms with van der Waals surface area (Å²) in [6, 6.07) is 29.0. The van der Waals surface area contributed by atoms with Gasteiger partial charge in [0.25, 0.3) is 0 Å². The van der Waals surface area contributed by atoms with Gasteiger partial charge in [0.05, 0.1) is 0 Å².